The molecule has 5 nitrogen and oxygen atoms in total. The van der Waals surface area contributed by atoms with Crippen molar-refractivity contribution in [3.63, 3.8) is 0 Å². The number of nitrogens with zero attached hydrogens (tertiary/aromatic N) is 4. The van der Waals surface area contributed by atoms with Gasteiger partial charge in [-0.25, -0.2) is 9.36 Å². The Morgan fingerprint density at radius 3 is 1.52 bits per heavy atom. The van der Waals surface area contributed by atoms with E-state index in [2.05, 4.69) is 42.0 Å². The largest absolute Gasteiger partial charge is 0.289 e. The van der Waals surface area contributed by atoms with Crippen molar-refractivity contribution < 1.29 is 4.79 Å². The van der Waals surface area contributed by atoms with Gasteiger partial charge in [-0.2, -0.15) is 10.2 Å². The Morgan fingerprint density at radius 1 is 0.667 bits per heavy atom. The summed E-state index contributed by atoms with van der Waals surface area (Å²) in [6, 6.07) is 28.4. The topological polar surface area (TPSA) is 52.7 Å². The van der Waals surface area contributed by atoms with Gasteiger partial charge < -0.3 is 0 Å². The van der Waals surface area contributed by atoms with E-state index < -0.39 is 0 Å². The van der Waals surface area contributed by atoms with Crippen LogP contribution in [0.25, 0.3) is 44.7 Å². The van der Waals surface area contributed by atoms with Crippen LogP contribution in [-0.4, -0.2) is 25.3 Å². The molecule has 1 saturated carbocycles. The molecule has 0 spiro atoms. The zero-order valence-electron chi connectivity index (χ0n) is 23.1. The van der Waals surface area contributed by atoms with Crippen molar-refractivity contribution in [2.75, 3.05) is 0 Å². The standard InChI is InChI=1S/C35H28N4OS2/c1-24-18-25(20-27-22-38(29-10-4-2-5-11-29)36-33(27)31-14-8-16-41-31)35(40)26(19-24)21-28-23-39(30-12-6-3-7-13-30)37-34(28)32-15-9-17-42-32/h2-17,20-24H,18-19H2,1H3. The molecule has 0 atom stereocenters. The van der Waals surface area contributed by atoms with Crippen LogP contribution in [-0.2, 0) is 4.79 Å². The lowest BCUT2D eigenvalue weighted by Gasteiger charge is -2.22. The first kappa shape index (κ1) is 26.3. The second-order valence-electron chi connectivity index (χ2n) is 10.6. The van der Waals surface area contributed by atoms with Gasteiger partial charge in [0.2, 0.25) is 0 Å². The molecule has 1 aliphatic carbocycles. The average Bonchev–Trinajstić information content (AvgIpc) is 3.83. The molecule has 4 heterocycles. The third-order valence-corrected chi connectivity index (χ3v) is 9.17. The number of para-hydroxylation sites is 2. The maximum absolute atomic E-state index is 14.0. The molecule has 0 unspecified atom stereocenters. The molecule has 0 N–H and O–H groups in total. The second-order valence-corrected chi connectivity index (χ2v) is 12.5. The highest BCUT2D eigenvalue weighted by molar-refractivity contribution is 7.13. The minimum absolute atomic E-state index is 0.0993. The zero-order valence-corrected chi connectivity index (χ0v) is 24.7. The van der Waals surface area contributed by atoms with Gasteiger partial charge in [-0.05, 0) is 78.1 Å². The van der Waals surface area contributed by atoms with Gasteiger partial charge in [0, 0.05) is 34.7 Å². The van der Waals surface area contributed by atoms with Crippen molar-refractivity contribution in [3.8, 4) is 32.5 Å². The van der Waals surface area contributed by atoms with Gasteiger partial charge in [-0.1, -0.05) is 55.5 Å². The lowest BCUT2D eigenvalue weighted by atomic mass is 9.81. The van der Waals surface area contributed by atoms with Crippen molar-refractivity contribution in [3.05, 3.63) is 130 Å². The molecule has 0 bridgehead atoms. The first-order valence-corrected chi connectivity index (χ1v) is 15.7. The van der Waals surface area contributed by atoms with Crippen LogP contribution >= 0.6 is 22.7 Å². The first-order chi connectivity index (χ1) is 20.6. The molecule has 1 fully saturated rings. The molecule has 6 aromatic rings. The Kier molecular flexibility index (Phi) is 7.11. The molecule has 7 heteroatoms. The first-order valence-electron chi connectivity index (χ1n) is 14.0. The molecule has 4 aromatic heterocycles. The highest BCUT2D eigenvalue weighted by atomic mass is 32.1. The third-order valence-electron chi connectivity index (χ3n) is 7.42. The number of rotatable bonds is 6. The highest BCUT2D eigenvalue weighted by Crippen LogP contribution is 2.36. The Balaban J connectivity index is 1.29. The molecular weight excluding hydrogens is 557 g/mol. The normalized spacial score (nSPS) is 17.4. The number of benzene rings is 2. The molecule has 206 valence electrons. The van der Waals surface area contributed by atoms with E-state index in [1.165, 1.54) is 0 Å². The van der Waals surface area contributed by atoms with Gasteiger partial charge >= 0.3 is 0 Å². The Labute approximate surface area is 252 Å². The van der Waals surface area contributed by atoms with Crippen LogP contribution in [0.1, 0.15) is 30.9 Å². The minimum Gasteiger partial charge on any atom is -0.289 e. The van der Waals surface area contributed by atoms with Crippen LogP contribution in [0.3, 0.4) is 0 Å². The molecule has 1 aliphatic rings. The molecule has 2 aromatic carbocycles. The Bertz CT molecular complexity index is 1760. The Hall–Kier alpha value is -4.59. The summed E-state index contributed by atoms with van der Waals surface area (Å²) in [6.07, 6.45) is 9.65. The van der Waals surface area contributed by atoms with E-state index in [0.717, 1.165) is 67.6 Å². The predicted molar refractivity (Wildman–Crippen MR) is 173 cm³/mol. The summed E-state index contributed by atoms with van der Waals surface area (Å²) in [7, 11) is 0. The highest BCUT2D eigenvalue weighted by Gasteiger charge is 2.27. The van der Waals surface area contributed by atoms with E-state index in [1.54, 1.807) is 22.7 Å². The fourth-order valence-electron chi connectivity index (χ4n) is 5.46. The van der Waals surface area contributed by atoms with Gasteiger partial charge in [0.1, 0.15) is 11.4 Å². The minimum atomic E-state index is 0.0993. The third kappa shape index (κ3) is 5.24. The molecule has 0 radical (unpaired) electrons. The van der Waals surface area contributed by atoms with Gasteiger partial charge in [-0.3, -0.25) is 4.79 Å². The Morgan fingerprint density at radius 2 is 1.12 bits per heavy atom. The number of hydrogen-bond acceptors (Lipinski definition) is 5. The summed E-state index contributed by atoms with van der Waals surface area (Å²) < 4.78 is 3.81. The van der Waals surface area contributed by atoms with Gasteiger partial charge in [0.05, 0.1) is 21.1 Å². The van der Waals surface area contributed by atoms with Crippen LogP contribution in [0.15, 0.2) is 119 Å². The molecule has 0 aliphatic heterocycles. The van der Waals surface area contributed by atoms with Crippen LogP contribution in [0.4, 0.5) is 0 Å². The molecule has 7 rings (SSSR count). The fourth-order valence-corrected chi connectivity index (χ4v) is 6.92. The summed E-state index contributed by atoms with van der Waals surface area (Å²) in [4.78, 5) is 16.2. The number of aromatic nitrogens is 4. The quantitative estimate of drug-likeness (QED) is 0.184. The number of allylic oxidation sites excluding steroid dienone is 2. The predicted octanol–water partition coefficient (Wildman–Crippen LogP) is 8.98. The van der Waals surface area contributed by atoms with E-state index in [4.69, 9.17) is 10.2 Å². The lowest BCUT2D eigenvalue weighted by Crippen LogP contribution is -2.18. The fraction of sp³-hybridized carbons (Fsp3) is 0.114. The summed E-state index contributed by atoms with van der Waals surface area (Å²) >= 11 is 3.31. The van der Waals surface area contributed by atoms with Crippen molar-refractivity contribution in [2.45, 2.75) is 19.8 Å². The van der Waals surface area contributed by atoms with E-state index >= 15 is 0 Å². The van der Waals surface area contributed by atoms with Crippen molar-refractivity contribution in [1.82, 2.24) is 19.6 Å². The molecule has 42 heavy (non-hydrogen) atoms. The van der Waals surface area contributed by atoms with Crippen molar-refractivity contribution >= 4 is 40.6 Å². The second kappa shape index (κ2) is 11.4. The summed E-state index contributed by atoms with van der Waals surface area (Å²) in [5.41, 5.74) is 7.30. The molecule has 0 saturated heterocycles. The smallest absolute Gasteiger partial charge is 0.185 e. The zero-order chi connectivity index (χ0) is 28.5. The maximum Gasteiger partial charge on any atom is 0.185 e. The summed E-state index contributed by atoms with van der Waals surface area (Å²) in [6.45, 7) is 2.22. The van der Waals surface area contributed by atoms with E-state index in [9.17, 15) is 4.79 Å². The average molecular weight is 585 g/mol. The lowest BCUT2D eigenvalue weighted by molar-refractivity contribution is -0.113. The molecule has 0 amide bonds. The van der Waals surface area contributed by atoms with E-state index in [1.807, 2.05) is 94.6 Å². The van der Waals surface area contributed by atoms with Crippen molar-refractivity contribution in [1.29, 1.82) is 0 Å². The summed E-state index contributed by atoms with van der Waals surface area (Å²) in [5, 5.41) is 14.0. The summed E-state index contributed by atoms with van der Waals surface area (Å²) in [5.74, 6) is 0.436. The number of Topliss-reactive ketones (excluding diaryl/α,β-unsaturated/α-hetero) is 1. The van der Waals surface area contributed by atoms with Crippen LogP contribution < -0.4 is 0 Å². The SMILES string of the molecule is CC1CC(=Cc2cn(-c3ccccc3)nc2-c2cccs2)C(=O)C(=Cc2cn(-c3ccccc3)nc2-c2cccs2)C1. The number of thiophene rings is 2. The molecular formula is C35H28N4OS2. The monoisotopic (exact) mass is 584 g/mol. The van der Waals surface area contributed by atoms with Crippen LogP contribution in [0.2, 0.25) is 0 Å². The van der Waals surface area contributed by atoms with E-state index in [0.29, 0.717) is 5.92 Å². The van der Waals surface area contributed by atoms with E-state index in [-0.39, 0.29) is 5.78 Å². The van der Waals surface area contributed by atoms with Gasteiger partial charge in [0.25, 0.3) is 0 Å². The van der Waals surface area contributed by atoms with Gasteiger partial charge in [-0.15, -0.1) is 22.7 Å². The number of ketones is 1. The number of carbonyl (C=O) groups excluding carboxylic acids is 1. The maximum atomic E-state index is 14.0. The van der Waals surface area contributed by atoms with Crippen LogP contribution in [0, 0.1) is 5.92 Å². The number of carbonyl (C=O) groups is 1. The van der Waals surface area contributed by atoms with Crippen molar-refractivity contribution in [2.24, 2.45) is 5.92 Å². The van der Waals surface area contributed by atoms with Crippen LogP contribution in [0.5, 0.6) is 0 Å². The van der Waals surface area contributed by atoms with Gasteiger partial charge in [0.15, 0.2) is 5.78 Å². The number of hydrogen-bond donors (Lipinski definition) is 0.